The van der Waals surface area contributed by atoms with Crippen LogP contribution in [0.25, 0.3) is 0 Å². The Balaban J connectivity index is 1.82. The number of amides is 1. The lowest BCUT2D eigenvalue weighted by Gasteiger charge is -2.17. The van der Waals surface area contributed by atoms with Crippen molar-refractivity contribution in [2.45, 2.75) is 46.1 Å². The Bertz CT molecular complexity index is 619. The van der Waals surface area contributed by atoms with E-state index >= 15 is 0 Å². The van der Waals surface area contributed by atoms with Crippen molar-refractivity contribution in [2.24, 2.45) is 0 Å². The molecule has 0 aliphatic rings. The summed E-state index contributed by atoms with van der Waals surface area (Å²) in [6.07, 6.45) is 2.41. The van der Waals surface area contributed by atoms with E-state index in [1.807, 2.05) is 18.2 Å². The fourth-order valence-corrected chi connectivity index (χ4v) is 2.72. The second kappa shape index (κ2) is 7.79. The molecule has 0 unspecified atom stereocenters. The van der Waals surface area contributed by atoms with Crippen LogP contribution in [0.15, 0.2) is 48.5 Å². The molecule has 2 nitrogen and oxygen atoms in total. The first-order valence-corrected chi connectivity index (χ1v) is 7.96. The Labute approximate surface area is 133 Å². The van der Waals surface area contributed by atoms with Gasteiger partial charge in [-0.2, -0.15) is 0 Å². The van der Waals surface area contributed by atoms with E-state index in [1.165, 1.54) is 22.3 Å². The molecule has 116 valence electrons. The summed E-state index contributed by atoms with van der Waals surface area (Å²) >= 11 is 0. The molecule has 22 heavy (non-hydrogen) atoms. The van der Waals surface area contributed by atoms with Gasteiger partial charge in [0.2, 0.25) is 5.91 Å². The molecular formula is C20H25NO. The lowest BCUT2D eigenvalue weighted by atomic mass is 10.00. The topological polar surface area (TPSA) is 29.1 Å². The van der Waals surface area contributed by atoms with E-state index in [2.05, 4.69) is 56.4 Å². The van der Waals surface area contributed by atoms with Crippen molar-refractivity contribution >= 4 is 5.91 Å². The SMILES string of the molecule is Cc1ccc(C)c([C@H](C)NC(=O)CCCc2ccccc2)c1. The molecule has 0 aromatic heterocycles. The van der Waals surface area contributed by atoms with Crippen molar-refractivity contribution in [1.29, 1.82) is 0 Å². The molecule has 1 N–H and O–H groups in total. The van der Waals surface area contributed by atoms with Crippen LogP contribution in [0.2, 0.25) is 0 Å². The molecule has 0 fully saturated rings. The van der Waals surface area contributed by atoms with Crippen molar-refractivity contribution in [1.82, 2.24) is 5.32 Å². The maximum Gasteiger partial charge on any atom is 0.220 e. The van der Waals surface area contributed by atoms with Crippen LogP contribution in [0.5, 0.6) is 0 Å². The maximum absolute atomic E-state index is 12.1. The van der Waals surface area contributed by atoms with Crippen molar-refractivity contribution in [3.63, 3.8) is 0 Å². The van der Waals surface area contributed by atoms with Gasteiger partial charge in [0.25, 0.3) is 0 Å². The van der Waals surface area contributed by atoms with Gasteiger partial charge >= 0.3 is 0 Å². The van der Waals surface area contributed by atoms with Crippen LogP contribution in [0, 0.1) is 13.8 Å². The van der Waals surface area contributed by atoms with Crippen LogP contribution in [-0.2, 0) is 11.2 Å². The van der Waals surface area contributed by atoms with E-state index in [-0.39, 0.29) is 11.9 Å². The molecule has 0 aliphatic heterocycles. The summed E-state index contributed by atoms with van der Waals surface area (Å²) < 4.78 is 0. The van der Waals surface area contributed by atoms with Crippen LogP contribution in [0.3, 0.4) is 0 Å². The second-order valence-electron chi connectivity index (χ2n) is 5.99. The molecule has 0 heterocycles. The van der Waals surface area contributed by atoms with E-state index in [9.17, 15) is 4.79 Å². The van der Waals surface area contributed by atoms with Gasteiger partial charge in [0.15, 0.2) is 0 Å². The Morgan fingerprint density at radius 3 is 2.55 bits per heavy atom. The molecular weight excluding hydrogens is 270 g/mol. The zero-order valence-electron chi connectivity index (χ0n) is 13.7. The van der Waals surface area contributed by atoms with Crippen LogP contribution in [0.4, 0.5) is 0 Å². The Morgan fingerprint density at radius 1 is 1.09 bits per heavy atom. The third kappa shape index (κ3) is 4.73. The lowest BCUT2D eigenvalue weighted by Crippen LogP contribution is -2.27. The fraction of sp³-hybridized carbons (Fsp3) is 0.350. The summed E-state index contributed by atoms with van der Waals surface area (Å²) in [5.41, 5.74) is 4.95. The number of nitrogens with one attached hydrogen (secondary N) is 1. The Morgan fingerprint density at radius 2 is 1.82 bits per heavy atom. The second-order valence-corrected chi connectivity index (χ2v) is 5.99. The highest BCUT2D eigenvalue weighted by Crippen LogP contribution is 2.19. The van der Waals surface area contributed by atoms with Crippen molar-refractivity contribution < 1.29 is 4.79 Å². The van der Waals surface area contributed by atoms with E-state index in [1.54, 1.807) is 0 Å². The van der Waals surface area contributed by atoms with Gasteiger partial charge in [0.1, 0.15) is 0 Å². The quantitative estimate of drug-likeness (QED) is 0.835. The van der Waals surface area contributed by atoms with Gasteiger partial charge in [-0.1, -0.05) is 54.1 Å². The molecule has 1 amide bonds. The van der Waals surface area contributed by atoms with Crippen molar-refractivity contribution in [3.8, 4) is 0 Å². The highest BCUT2D eigenvalue weighted by Gasteiger charge is 2.11. The van der Waals surface area contributed by atoms with Gasteiger partial charge in [-0.15, -0.1) is 0 Å². The third-order valence-electron chi connectivity index (χ3n) is 3.99. The molecule has 0 aliphatic carbocycles. The third-order valence-corrected chi connectivity index (χ3v) is 3.99. The van der Waals surface area contributed by atoms with Gasteiger partial charge in [-0.05, 0) is 50.3 Å². The standard InChI is InChI=1S/C20H25NO/c1-15-12-13-16(2)19(14-15)17(3)21-20(22)11-7-10-18-8-5-4-6-9-18/h4-6,8-9,12-14,17H,7,10-11H2,1-3H3,(H,21,22)/t17-/m0/s1. The Hall–Kier alpha value is -2.09. The summed E-state index contributed by atoms with van der Waals surface area (Å²) in [6.45, 7) is 6.22. The zero-order valence-corrected chi connectivity index (χ0v) is 13.7. The van der Waals surface area contributed by atoms with E-state index in [0.29, 0.717) is 6.42 Å². The molecule has 0 radical (unpaired) electrons. The molecule has 0 saturated heterocycles. The van der Waals surface area contributed by atoms with Crippen molar-refractivity contribution in [3.05, 3.63) is 70.8 Å². The summed E-state index contributed by atoms with van der Waals surface area (Å²) in [5.74, 6) is 0.129. The number of hydrogen-bond donors (Lipinski definition) is 1. The van der Waals surface area contributed by atoms with Gasteiger partial charge in [0, 0.05) is 6.42 Å². The largest absolute Gasteiger partial charge is 0.350 e. The minimum Gasteiger partial charge on any atom is -0.350 e. The van der Waals surface area contributed by atoms with Crippen LogP contribution in [-0.4, -0.2) is 5.91 Å². The summed E-state index contributed by atoms with van der Waals surface area (Å²) in [7, 11) is 0. The highest BCUT2D eigenvalue weighted by atomic mass is 16.1. The number of carbonyl (C=O) groups is 1. The highest BCUT2D eigenvalue weighted by molar-refractivity contribution is 5.76. The minimum absolute atomic E-state index is 0.0594. The molecule has 2 aromatic carbocycles. The van der Waals surface area contributed by atoms with Crippen LogP contribution >= 0.6 is 0 Å². The molecule has 2 heteroatoms. The number of carbonyl (C=O) groups excluding carboxylic acids is 1. The Kier molecular flexibility index (Phi) is 5.76. The average Bonchev–Trinajstić information content (AvgIpc) is 2.50. The number of hydrogen-bond acceptors (Lipinski definition) is 1. The first kappa shape index (κ1) is 16.3. The molecule has 2 aromatic rings. The predicted octanol–water partition coefficient (Wildman–Crippen LogP) is 4.50. The molecule has 1 atom stereocenters. The number of rotatable bonds is 6. The summed E-state index contributed by atoms with van der Waals surface area (Å²) in [6, 6.07) is 16.7. The fourth-order valence-electron chi connectivity index (χ4n) is 2.72. The van der Waals surface area contributed by atoms with Gasteiger partial charge in [-0.3, -0.25) is 4.79 Å². The molecule has 0 spiro atoms. The molecule has 0 bridgehead atoms. The van der Waals surface area contributed by atoms with Gasteiger partial charge in [0.05, 0.1) is 6.04 Å². The van der Waals surface area contributed by atoms with Crippen molar-refractivity contribution in [2.75, 3.05) is 0 Å². The molecule has 2 rings (SSSR count). The number of benzene rings is 2. The summed E-state index contributed by atoms with van der Waals surface area (Å²) in [5, 5.41) is 3.11. The number of aryl methyl sites for hydroxylation is 3. The van der Waals surface area contributed by atoms with Crippen LogP contribution in [0.1, 0.15) is 48.1 Å². The van der Waals surface area contributed by atoms with Gasteiger partial charge < -0.3 is 5.32 Å². The van der Waals surface area contributed by atoms with E-state index < -0.39 is 0 Å². The minimum atomic E-state index is 0.0594. The van der Waals surface area contributed by atoms with E-state index in [0.717, 1.165) is 12.8 Å². The average molecular weight is 295 g/mol. The first-order chi connectivity index (χ1) is 10.6. The smallest absolute Gasteiger partial charge is 0.220 e. The monoisotopic (exact) mass is 295 g/mol. The summed E-state index contributed by atoms with van der Waals surface area (Å²) in [4.78, 5) is 12.1. The van der Waals surface area contributed by atoms with E-state index in [4.69, 9.17) is 0 Å². The maximum atomic E-state index is 12.1. The normalized spacial score (nSPS) is 12.0. The van der Waals surface area contributed by atoms with Gasteiger partial charge in [-0.25, -0.2) is 0 Å². The zero-order chi connectivity index (χ0) is 15.9. The molecule has 0 saturated carbocycles. The van der Waals surface area contributed by atoms with Crippen LogP contribution < -0.4 is 5.32 Å². The lowest BCUT2D eigenvalue weighted by molar-refractivity contribution is -0.121. The predicted molar refractivity (Wildman–Crippen MR) is 91.9 cm³/mol. The first-order valence-electron chi connectivity index (χ1n) is 7.96.